The van der Waals surface area contributed by atoms with Crippen molar-refractivity contribution in [3.05, 3.63) is 18.2 Å². The predicted molar refractivity (Wildman–Crippen MR) is 67.6 cm³/mol. The number of carbonyl (C=O) groups is 1. The Morgan fingerprint density at radius 2 is 2.35 bits per heavy atom. The Labute approximate surface area is 103 Å². The lowest BCUT2D eigenvalue weighted by molar-refractivity contribution is -0.117. The molecule has 5 nitrogen and oxygen atoms in total. The van der Waals surface area contributed by atoms with E-state index in [-0.39, 0.29) is 11.2 Å². The molecule has 0 radical (unpaired) electrons. The summed E-state index contributed by atoms with van der Waals surface area (Å²) in [6.45, 7) is 1.89. The molecule has 6 heteroatoms. The number of aromatic nitrogens is 1. The number of thioether (sulfide) groups is 1. The van der Waals surface area contributed by atoms with Gasteiger partial charge in [0, 0.05) is 11.8 Å². The van der Waals surface area contributed by atoms with Crippen molar-refractivity contribution >= 4 is 34.5 Å². The minimum Gasteiger partial charge on any atom is -0.431 e. The van der Waals surface area contributed by atoms with Crippen molar-refractivity contribution in [2.75, 3.05) is 5.73 Å². The van der Waals surface area contributed by atoms with E-state index in [0.29, 0.717) is 22.9 Å². The van der Waals surface area contributed by atoms with Gasteiger partial charge < -0.3 is 15.9 Å². The average Bonchev–Trinajstić information content (AvgIpc) is 2.66. The number of fused-ring (bicyclic) bond motifs is 1. The van der Waals surface area contributed by atoms with Crippen LogP contribution in [-0.2, 0) is 4.79 Å². The van der Waals surface area contributed by atoms with Crippen LogP contribution in [0.4, 0.5) is 5.69 Å². The SMILES string of the molecule is CCC(Sc1nc2ccc(N)cc2o1)C(N)=O. The smallest absolute Gasteiger partial charge is 0.257 e. The zero-order chi connectivity index (χ0) is 12.4. The van der Waals surface area contributed by atoms with Gasteiger partial charge in [-0.3, -0.25) is 4.79 Å². The Morgan fingerprint density at radius 3 is 3.00 bits per heavy atom. The largest absolute Gasteiger partial charge is 0.431 e. The number of rotatable bonds is 4. The van der Waals surface area contributed by atoms with Crippen LogP contribution in [0.1, 0.15) is 13.3 Å². The van der Waals surface area contributed by atoms with Crippen LogP contribution in [0.15, 0.2) is 27.8 Å². The van der Waals surface area contributed by atoms with E-state index in [1.165, 1.54) is 11.8 Å². The fraction of sp³-hybridized carbons (Fsp3) is 0.273. The van der Waals surface area contributed by atoms with Crippen molar-refractivity contribution in [2.24, 2.45) is 5.73 Å². The molecular formula is C11H13N3O2S. The monoisotopic (exact) mass is 251 g/mol. The van der Waals surface area contributed by atoms with Crippen LogP contribution in [0, 0.1) is 0 Å². The maximum atomic E-state index is 11.1. The van der Waals surface area contributed by atoms with Gasteiger partial charge in [-0.15, -0.1) is 0 Å². The van der Waals surface area contributed by atoms with E-state index in [0.717, 1.165) is 5.52 Å². The summed E-state index contributed by atoms with van der Waals surface area (Å²) in [4.78, 5) is 15.4. The van der Waals surface area contributed by atoms with Gasteiger partial charge in [0.25, 0.3) is 5.22 Å². The predicted octanol–water partition coefficient (Wildman–Crippen LogP) is 1.77. The van der Waals surface area contributed by atoms with E-state index in [2.05, 4.69) is 4.98 Å². The van der Waals surface area contributed by atoms with Gasteiger partial charge in [-0.05, 0) is 18.6 Å². The number of carbonyl (C=O) groups excluding carboxylic acids is 1. The zero-order valence-electron chi connectivity index (χ0n) is 9.34. The van der Waals surface area contributed by atoms with Crippen LogP contribution in [0.25, 0.3) is 11.1 Å². The lowest BCUT2D eigenvalue weighted by Crippen LogP contribution is -2.24. The summed E-state index contributed by atoms with van der Waals surface area (Å²) in [5.41, 5.74) is 12.9. The van der Waals surface area contributed by atoms with Gasteiger partial charge in [-0.1, -0.05) is 18.7 Å². The minimum absolute atomic E-state index is 0.319. The van der Waals surface area contributed by atoms with Gasteiger partial charge >= 0.3 is 0 Å². The summed E-state index contributed by atoms with van der Waals surface area (Å²) >= 11 is 1.24. The number of anilines is 1. The second-order valence-corrected chi connectivity index (χ2v) is 4.78. The molecule has 1 aromatic heterocycles. The maximum Gasteiger partial charge on any atom is 0.257 e. The van der Waals surface area contributed by atoms with Crippen LogP contribution in [-0.4, -0.2) is 16.1 Å². The third kappa shape index (κ3) is 2.52. The molecule has 1 aromatic carbocycles. The third-order valence-electron chi connectivity index (χ3n) is 2.32. The molecule has 0 spiro atoms. The van der Waals surface area contributed by atoms with E-state index in [4.69, 9.17) is 15.9 Å². The number of nitrogens with zero attached hydrogens (tertiary/aromatic N) is 1. The molecule has 1 heterocycles. The molecule has 0 aliphatic carbocycles. The second-order valence-electron chi connectivity index (χ2n) is 3.62. The highest BCUT2D eigenvalue weighted by atomic mass is 32.2. The molecule has 0 saturated carbocycles. The molecule has 0 bridgehead atoms. The summed E-state index contributed by atoms with van der Waals surface area (Å²) in [6.07, 6.45) is 0.640. The van der Waals surface area contributed by atoms with Crippen molar-refractivity contribution in [3.8, 4) is 0 Å². The van der Waals surface area contributed by atoms with Gasteiger partial charge in [-0.25, -0.2) is 4.98 Å². The van der Waals surface area contributed by atoms with Gasteiger partial charge in [0.2, 0.25) is 5.91 Å². The van der Waals surface area contributed by atoms with Gasteiger partial charge in [0.1, 0.15) is 5.52 Å². The summed E-state index contributed by atoms with van der Waals surface area (Å²) in [5, 5.41) is 0.122. The molecule has 0 saturated heterocycles. The number of primary amides is 1. The van der Waals surface area contributed by atoms with E-state index < -0.39 is 0 Å². The molecule has 0 aliphatic rings. The highest BCUT2D eigenvalue weighted by molar-refractivity contribution is 8.00. The van der Waals surface area contributed by atoms with E-state index in [9.17, 15) is 4.79 Å². The van der Waals surface area contributed by atoms with E-state index in [1.807, 2.05) is 6.92 Å². The summed E-state index contributed by atoms with van der Waals surface area (Å²) in [5.74, 6) is -0.362. The molecule has 4 N–H and O–H groups in total. The average molecular weight is 251 g/mol. The Hall–Kier alpha value is -1.69. The Bertz CT molecular complexity index is 553. The van der Waals surface area contributed by atoms with Gasteiger partial charge in [-0.2, -0.15) is 0 Å². The minimum atomic E-state index is -0.362. The van der Waals surface area contributed by atoms with Crippen molar-refractivity contribution < 1.29 is 9.21 Å². The second kappa shape index (κ2) is 4.67. The number of oxazole rings is 1. The molecule has 0 fully saturated rings. The molecule has 0 aliphatic heterocycles. The van der Waals surface area contributed by atoms with Crippen LogP contribution >= 0.6 is 11.8 Å². The van der Waals surface area contributed by atoms with Crippen LogP contribution in [0.2, 0.25) is 0 Å². The molecule has 2 aromatic rings. The molecular weight excluding hydrogens is 238 g/mol. The van der Waals surface area contributed by atoms with Gasteiger partial charge in [0.15, 0.2) is 5.58 Å². The summed E-state index contributed by atoms with van der Waals surface area (Å²) < 4.78 is 5.50. The summed E-state index contributed by atoms with van der Waals surface area (Å²) in [6, 6.07) is 5.24. The number of hydrogen-bond acceptors (Lipinski definition) is 5. The summed E-state index contributed by atoms with van der Waals surface area (Å²) in [7, 11) is 0. The molecule has 2 rings (SSSR count). The fourth-order valence-electron chi connectivity index (χ4n) is 1.43. The van der Waals surface area contributed by atoms with Crippen LogP contribution < -0.4 is 11.5 Å². The Balaban J connectivity index is 2.27. The lowest BCUT2D eigenvalue weighted by Gasteiger charge is -2.05. The number of benzene rings is 1. The first-order chi connectivity index (χ1) is 8.10. The van der Waals surface area contributed by atoms with Gasteiger partial charge in [0.05, 0.1) is 5.25 Å². The Kier molecular flexibility index (Phi) is 3.23. The van der Waals surface area contributed by atoms with Crippen molar-refractivity contribution in [3.63, 3.8) is 0 Å². The number of nitrogens with two attached hydrogens (primary N) is 2. The third-order valence-corrected chi connectivity index (χ3v) is 3.55. The first kappa shape index (κ1) is 11.8. The standard InChI is InChI=1S/C11H13N3O2S/c1-2-9(10(13)15)17-11-14-7-4-3-6(12)5-8(7)16-11/h3-5,9H,2,12H2,1H3,(H2,13,15). The normalized spacial score (nSPS) is 12.8. The molecule has 1 atom stereocenters. The van der Waals surface area contributed by atoms with Crippen LogP contribution in [0.5, 0.6) is 0 Å². The lowest BCUT2D eigenvalue weighted by atomic mass is 10.3. The molecule has 17 heavy (non-hydrogen) atoms. The van der Waals surface area contributed by atoms with E-state index >= 15 is 0 Å². The zero-order valence-corrected chi connectivity index (χ0v) is 10.2. The highest BCUT2D eigenvalue weighted by Gasteiger charge is 2.18. The molecule has 1 amide bonds. The highest BCUT2D eigenvalue weighted by Crippen LogP contribution is 2.28. The maximum absolute atomic E-state index is 11.1. The quantitative estimate of drug-likeness (QED) is 0.637. The topological polar surface area (TPSA) is 95.1 Å². The Morgan fingerprint density at radius 1 is 1.59 bits per heavy atom. The fourth-order valence-corrected chi connectivity index (χ4v) is 2.25. The van der Waals surface area contributed by atoms with Crippen molar-refractivity contribution in [1.29, 1.82) is 0 Å². The van der Waals surface area contributed by atoms with E-state index in [1.54, 1.807) is 18.2 Å². The number of hydrogen-bond donors (Lipinski definition) is 2. The molecule has 90 valence electrons. The number of amides is 1. The number of nitrogen functional groups attached to an aromatic ring is 1. The van der Waals surface area contributed by atoms with Crippen LogP contribution in [0.3, 0.4) is 0 Å². The first-order valence-electron chi connectivity index (χ1n) is 5.22. The van der Waals surface area contributed by atoms with Crippen molar-refractivity contribution in [2.45, 2.75) is 23.8 Å². The first-order valence-corrected chi connectivity index (χ1v) is 6.10. The molecule has 1 unspecified atom stereocenters. The van der Waals surface area contributed by atoms with Crippen molar-refractivity contribution in [1.82, 2.24) is 4.98 Å².